The molecule has 236 valence electrons. The summed E-state index contributed by atoms with van der Waals surface area (Å²) >= 11 is 0. The Bertz CT molecular complexity index is 1590. The first-order chi connectivity index (χ1) is 21.0. The zero-order valence-electron chi connectivity index (χ0n) is 27.0. The van der Waals surface area contributed by atoms with Gasteiger partial charge in [0.2, 0.25) is 0 Å². The lowest BCUT2D eigenvalue weighted by molar-refractivity contribution is 0.0628. The summed E-state index contributed by atoms with van der Waals surface area (Å²) in [5.41, 5.74) is 5.14. The molecule has 0 N–H and O–H groups in total. The second kappa shape index (κ2) is 16.0. The molecule has 44 heavy (non-hydrogen) atoms. The van der Waals surface area contributed by atoms with Gasteiger partial charge in [-0.25, -0.2) is 8.42 Å². The van der Waals surface area contributed by atoms with Gasteiger partial charge in [-0.05, 0) is 79.3 Å². The Labute approximate surface area is 264 Å². The van der Waals surface area contributed by atoms with Gasteiger partial charge < -0.3 is 9.15 Å². The maximum absolute atomic E-state index is 13.0. The van der Waals surface area contributed by atoms with Crippen molar-refractivity contribution < 1.29 is 22.4 Å². The van der Waals surface area contributed by atoms with Crippen molar-refractivity contribution in [3.8, 4) is 11.1 Å². The highest BCUT2D eigenvalue weighted by molar-refractivity contribution is 7.91. The van der Waals surface area contributed by atoms with E-state index in [2.05, 4.69) is 46.9 Å². The first-order valence-electron chi connectivity index (χ1n) is 15.5. The van der Waals surface area contributed by atoms with E-state index in [0.29, 0.717) is 23.0 Å². The number of rotatable bonds is 8. The molecule has 4 aromatic rings. The lowest BCUT2D eigenvalue weighted by atomic mass is 9.87. The van der Waals surface area contributed by atoms with E-state index in [1.54, 1.807) is 19.1 Å². The van der Waals surface area contributed by atoms with Gasteiger partial charge in [0.1, 0.15) is 5.58 Å². The van der Waals surface area contributed by atoms with Crippen molar-refractivity contribution in [1.29, 1.82) is 0 Å². The first kappa shape index (κ1) is 35.0. The van der Waals surface area contributed by atoms with Crippen molar-refractivity contribution in [3.63, 3.8) is 0 Å². The van der Waals surface area contributed by atoms with E-state index in [0.717, 1.165) is 66.6 Å². The Morgan fingerprint density at radius 2 is 1.57 bits per heavy atom. The molecule has 0 aliphatic carbocycles. The number of ether oxygens (including phenoxy) is 1. The minimum Gasteiger partial charge on any atom is -0.452 e. The summed E-state index contributed by atoms with van der Waals surface area (Å²) in [6.45, 7) is 17.8. The van der Waals surface area contributed by atoms with E-state index < -0.39 is 9.84 Å². The standard InChI is InChI=1S/C24H26O3.C12H18O2S.C2H4/c1-17-10-11-22-20(16-17)23(19-7-3-2-4-8-19)24(27-22)21(25)9-5-6-18-12-14-26-15-13-18;1-5-15(13,14)11-8-6-10(7-9-11)12(2,3)4;1-2/h2-4,7-8,10-11,16,18H,5-6,9,12-15H2,1H3;6-9H,5H2,1-4H3;1-2H2. The van der Waals surface area contributed by atoms with Crippen LogP contribution in [0.15, 0.2) is 95.3 Å². The molecule has 5 nitrogen and oxygen atoms in total. The molecular weight excluding hydrogens is 568 g/mol. The number of sulfone groups is 1. The zero-order valence-corrected chi connectivity index (χ0v) is 27.8. The molecule has 0 radical (unpaired) electrons. The Kier molecular flexibility index (Phi) is 12.7. The monoisotopic (exact) mass is 616 g/mol. The van der Waals surface area contributed by atoms with Crippen molar-refractivity contribution >= 4 is 26.6 Å². The van der Waals surface area contributed by atoms with Crippen molar-refractivity contribution in [2.24, 2.45) is 5.92 Å². The van der Waals surface area contributed by atoms with Gasteiger partial charge in [-0.2, -0.15) is 0 Å². The van der Waals surface area contributed by atoms with Crippen LogP contribution in [0.5, 0.6) is 0 Å². The quantitative estimate of drug-likeness (QED) is 0.146. The van der Waals surface area contributed by atoms with Gasteiger partial charge in [-0.3, -0.25) is 4.79 Å². The number of benzene rings is 3. The summed E-state index contributed by atoms with van der Waals surface area (Å²) in [4.78, 5) is 13.4. The molecular formula is C38H48O5S. The molecule has 1 saturated heterocycles. The van der Waals surface area contributed by atoms with Gasteiger partial charge in [0.15, 0.2) is 21.4 Å². The normalized spacial score (nSPS) is 13.8. The largest absolute Gasteiger partial charge is 0.452 e. The van der Waals surface area contributed by atoms with E-state index in [1.165, 1.54) is 5.56 Å². The highest BCUT2D eigenvalue weighted by Crippen LogP contribution is 2.36. The molecule has 0 amide bonds. The van der Waals surface area contributed by atoms with Gasteiger partial charge in [-0.1, -0.05) is 81.8 Å². The third-order valence-electron chi connectivity index (χ3n) is 7.98. The molecule has 6 heteroatoms. The van der Waals surface area contributed by atoms with E-state index in [1.807, 2.05) is 54.6 Å². The highest BCUT2D eigenvalue weighted by atomic mass is 32.2. The van der Waals surface area contributed by atoms with Crippen LogP contribution in [0.2, 0.25) is 0 Å². The Hall–Kier alpha value is -3.48. The fraction of sp³-hybridized carbons (Fsp3) is 0.395. The molecule has 0 atom stereocenters. The lowest BCUT2D eigenvalue weighted by Gasteiger charge is -2.21. The predicted molar refractivity (Wildman–Crippen MR) is 182 cm³/mol. The molecule has 3 aromatic carbocycles. The number of Topliss-reactive ketones (excluding diaryl/α,β-unsaturated/α-hetero) is 1. The third kappa shape index (κ3) is 9.26. The average Bonchev–Trinajstić information content (AvgIpc) is 3.42. The zero-order chi connectivity index (χ0) is 32.3. The number of furan rings is 1. The predicted octanol–water partition coefficient (Wildman–Crippen LogP) is 9.77. The molecule has 1 fully saturated rings. The molecule has 0 spiro atoms. The van der Waals surface area contributed by atoms with Gasteiger partial charge in [0.05, 0.1) is 10.6 Å². The second-order valence-electron chi connectivity index (χ2n) is 12.2. The number of aryl methyl sites for hydroxylation is 1. The topological polar surface area (TPSA) is 73.6 Å². The SMILES string of the molecule is C=C.CCS(=O)(=O)c1ccc(C(C)(C)C)cc1.Cc1ccc2oc(C(=O)CCCC3CCOCC3)c(-c3ccccc3)c2c1. The number of hydrogen-bond donors (Lipinski definition) is 0. The maximum atomic E-state index is 13.0. The minimum absolute atomic E-state index is 0.0640. The van der Waals surface area contributed by atoms with Gasteiger partial charge >= 0.3 is 0 Å². The summed E-state index contributed by atoms with van der Waals surface area (Å²) < 4.78 is 34.6. The third-order valence-corrected chi connectivity index (χ3v) is 9.73. The fourth-order valence-electron chi connectivity index (χ4n) is 5.33. The number of carbonyl (C=O) groups is 1. The van der Waals surface area contributed by atoms with Crippen molar-refractivity contribution in [1.82, 2.24) is 0 Å². The van der Waals surface area contributed by atoms with Crippen LogP contribution in [0.3, 0.4) is 0 Å². The van der Waals surface area contributed by atoms with E-state index in [-0.39, 0.29) is 17.0 Å². The van der Waals surface area contributed by atoms with Gasteiger partial charge in [-0.15, -0.1) is 13.2 Å². The first-order valence-corrected chi connectivity index (χ1v) is 17.2. The number of hydrogen-bond acceptors (Lipinski definition) is 5. The second-order valence-corrected chi connectivity index (χ2v) is 14.5. The van der Waals surface area contributed by atoms with E-state index >= 15 is 0 Å². The molecule has 0 bridgehead atoms. The van der Waals surface area contributed by atoms with Gasteiger partial charge in [0, 0.05) is 30.6 Å². The number of carbonyl (C=O) groups excluding carboxylic acids is 1. The van der Waals surface area contributed by atoms with Crippen molar-refractivity contribution in [2.75, 3.05) is 19.0 Å². The summed E-state index contributed by atoms with van der Waals surface area (Å²) in [7, 11) is -3.06. The van der Waals surface area contributed by atoms with Crippen LogP contribution in [0.4, 0.5) is 0 Å². The number of ketones is 1. The van der Waals surface area contributed by atoms with E-state index in [9.17, 15) is 13.2 Å². The Morgan fingerprint density at radius 1 is 0.932 bits per heavy atom. The minimum atomic E-state index is -3.06. The fourth-order valence-corrected chi connectivity index (χ4v) is 6.21. The summed E-state index contributed by atoms with van der Waals surface area (Å²) in [5.74, 6) is 1.46. The van der Waals surface area contributed by atoms with Gasteiger partial charge in [0.25, 0.3) is 0 Å². The smallest absolute Gasteiger partial charge is 0.198 e. The molecule has 5 rings (SSSR count). The Morgan fingerprint density at radius 3 is 2.16 bits per heavy atom. The average molecular weight is 617 g/mol. The molecule has 0 unspecified atom stereocenters. The van der Waals surface area contributed by atoms with Crippen LogP contribution in [-0.4, -0.2) is 33.2 Å². The van der Waals surface area contributed by atoms with Crippen LogP contribution >= 0.6 is 0 Å². The van der Waals surface area contributed by atoms with Crippen LogP contribution in [-0.2, 0) is 20.0 Å². The molecule has 1 aliphatic heterocycles. The molecule has 2 heterocycles. The summed E-state index contributed by atoms with van der Waals surface area (Å²) in [5, 5.41) is 1.02. The van der Waals surface area contributed by atoms with Crippen LogP contribution < -0.4 is 0 Å². The highest BCUT2D eigenvalue weighted by Gasteiger charge is 2.22. The molecule has 0 saturated carbocycles. The Balaban J connectivity index is 0.000000265. The van der Waals surface area contributed by atoms with Crippen LogP contribution in [0.1, 0.15) is 81.5 Å². The summed E-state index contributed by atoms with van der Waals surface area (Å²) in [6.07, 6.45) is 4.78. The van der Waals surface area contributed by atoms with Crippen LogP contribution in [0.25, 0.3) is 22.1 Å². The van der Waals surface area contributed by atoms with Crippen molar-refractivity contribution in [3.05, 3.63) is 103 Å². The van der Waals surface area contributed by atoms with E-state index in [4.69, 9.17) is 9.15 Å². The van der Waals surface area contributed by atoms with Crippen LogP contribution in [0, 0.1) is 12.8 Å². The molecule has 1 aromatic heterocycles. The lowest BCUT2D eigenvalue weighted by Crippen LogP contribution is -2.15. The molecule has 1 aliphatic rings. The number of fused-ring (bicyclic) bond motifs is 1. The summed E-state index contributed by atoms with van der Waals surface area (Å²) in [6, 6.07) is 23.4. The maximum Gasteiger partial charge on any atom is 0.198 e. The van der Waals surface area contributed by atoms with Crippen molar-refractivity contribution in [2.45, 2.75) is 77.0 Å².